The zero-order chi connectivity index (χ0) is 61.4. The van der Waals surface area contributed by atoms with Crippen molar-refractivity contribution in [3.05, 3.63) is 186 Å². The third-order valence-electron chi connectivity index (χ3n) is 17.3. The second kappa shape index (κ2) is 24.7. The van der Waals surface area contributed by atoms with Gasteiger partial charge in [0.2, 0.25) is 0 Å². The molecule has 6 bridgehead atoms. The molecule has 0 aliphatic carbocycles. The number of aryl methyl sites for hydroxylation is 1. The van der Waals surface area contributed by atoms with Gasteiger partial charge in [-0.1, -0.05) is 12.1 Å². The molecule has 0 saturated carbocycles. The van der Waals surface area contributed by atoms with Gasteiger partial charge in [0.1, 0.15) is 34.8 Å². The molecule has 3 amide bonds. The molecule has 0 radical (unpaired) electrons. The summed E-state index contributed by atoms with van der Waals surface area (Å²) in [5.74, 6) is -1.12. The molecule has 6 saturated heterocycles. The van der Waals surface area contributed by atoms with Gasteiger partial charge in [0.25, 0.3) is 17.7 Å². The first kappa shape index (κ1) is 58.9. The first-order valence-corrected chi connectivity index (χ1v) is 28.9. The largest absolute Gasteiger partial charge is 0.493 e. The number of hydrogen-bond donors (Lipinski definition) is 2. The number of fused-ring (bicyclic) bond motifs is 6. The fourth-order valence-corrected chi connectivity index (χ4v) is 13.6. The van der Waals surface area contributed by atoms with Gasteiger partial charge in [-0.25, -0.2) is 47.5 Å². The number of carbonyl (C=O) groups excluding carboxylic acids is 3. The van der Waals surface area contributed by atoms with E-state index in [0.717, 1.165) is 75.7 Å². The molecule has 6 aliphatic rings. The number of aromatic nitrogens is 10. The van der Waals surface area contributed by atoms with Crippen LogP contribution in [0.25, 0.3) is 17.1 Å². The lowest BCUT2D eigenvalue weighted by Crippen LogP contribution is -2.40. The molecule has 454 valence electrons. The molecule has 2 N–H and O–H groups in total. The van der Waals surface area contributed by atoms with Crippen molar-refractivity contribution >= 4 is 29.4 Å². The molecular formula is C62H58F7N15O4. The van der Waals surface area contributed by atoms with Crippen LogP contribution >= 0.6 is 0 Å². The maximum atomic E-state index is 14.7. The average Bonchev–Trinajstić information content (AvgIpc) is 1.70. The Morgan fingerprint density at radius 1 is 0.580 bits per heavy atom. The second-order valence-corrected chi connectivity index (χ2v) is 22.5. The van der Waals surface area contributed by atoms with E-state index in [1.54, 1.807) is 47.6 Å². The summed E-state index contributed by atoms with van der Waals surface area (Å²) < 4.78 is 98.2. The van der Waals surface area contributed by atoms with Crippen LogP contribution in [-0.2, 0) is 12.6 Å². The van der Waals surface area contributed by atoms with Crippen molar-refractivity contribution in [2.45, 2.75) is 126 Å². The van der Waals surface area contributed by atoms with Crippen LogP contribution in [0.2, 0.25) is 0 Å². The maximum Gasteiger partial charge on any atom is 0.434 e. The quantitative estimate of drug-likeness (QED) is 0.109. The minimum Gasteiger partial charge on any atom is -0.493 e. The monoisotopic (exact) mass is 1210 g/mol. The molecule has 9 unspecified atom stereocenters. The van der Waals surface area contributed by atoms with Gasteiger partial charge in [0.15, 0.2) is 28.8 Å². The first-order valence-electron chi connectivity index (χ1n) is 28.9. The predicted molar refractivity (Wildman–Crippen MR) is 304 cm³/mol. The van der Waals surface area contributed by atoms with Crippen LogP contribution in [0.5, 0.6) is 5.75 Å². The van der Waals surface area contributed by atoms with E-state index in [9.17, 15) is 45.1 Å². The summed E-state index contributed by atoms with van der Waals surface area (Å²) in [6, 6.07) is 20.2. The van der Waals surface area contributed by atoms with Crippen molar-refractivity contribution in [2.75, 3.05) is 17.7 Å². The van der Waals surface area contributed by atoms with Gasteiger partial charge in [-0.05, 0) is 144 Å². The van der Waals surface area contributed by atoms with Crippen LogP contribution in [0.4, 0.5) is 42.4 Å². The number of anilines is 2. The zero-order valence-electron chi connectivity index (χ0n) is 47.5. The molecule has 6 aromatic heterocycles. The van der Waals surface area contributed by atoms with Crippen molar-refractivity contribution in [2.24, 2.45) is 5.92 Å². The van der Waals surface area contributed by atoms with E-state index < -0.39 is 29.3 Å². The number of benzene rings is 2. The van der Waals surface area contributed by atoms with Gasteiger partial charge in [0, 0.05) is 60.5 Å². The van der Waals surface area contributed by atoms with Crippen molar-refractivity contribution in [1.29, 1.82) is 0 Å². The van der Waals surface area contributed by atoms with Crippen molar-refractivity contribution in [3.8, 4) is 22.8 Å². The molecule has 19 nitrogen and oxygen atoms in total. The van der Waals surface area contributed by atoms with Gasteiger partial charge >= 0.3 is 6.18 Å². The number of nitrogens with one attached hydrogen (secondary N) is 2. The normalized spacial score (nSPS) is 22.9. The summed E-state index contributed by atoms with van der Waals surface area (Å²) >= 11 is 0. The number of carbonyl (C=O) groups is 3. The van der Waals surface area contributed by atoms with Gasteiger partial charge in [-0.15, -0.1) is 4.80 Å². The fourth-order valence-electron chi connectivity index (χ4n) is 13.6. The minimum atomic E-state index is -4.54. The number of ether oxygens (including phenoxy) is 1. The summed E-state index contributed by atoms with van der Waals surface area (Å²) in [4.78, 5) is 75.4. The van der Waals surface area contributed by atoms with Crippen LogP contribution < -0.4 is 15.4 Å². The molecule has 6 aliphatic heterocycles. The number of amides is 3. The minimum absolute atomic E-state index is 0.00711. The van der Waals surface area contributed by atoms with Gasteiger partial charge in [-0.3, -0.25) is 19.4 Å². The molecule has 0 spiro atoms. The second-order valence-electron chi connectivity index (χ2n) is 22.5. The van der Waals surface area contributed by atoms with Crippen molar-refractivity contribution in [3.63, 3.8) is 0 Å². The Labute approximate surface area is 499 Å². The smallest absolute Gasteiger partial charge is 0.434 e. The Kier molecular flexibility index (Phi) is 16.5. The summed E-state index contributed by atoms with van der Waals surface area (Å²) in [6.45, 7) is 1.86. The number of alkyl halides is 3. The van der Waals surface area contributed by atoms with Crippen LogP contribution in [0.15, 0.2) is 128 Å². The lowest BCUT2D eigenvalue weighted by Gasteiger charge is -2.26. The third kappa shape index (κ3) is 11.9. The summed E-state index contributed by atoms with van der Waals surface area (Å²) in [6.07, 6.45) is 13.9. The molecule has 88 heavy (non-hydrogen) atoms. The Bertz CT molecular complexity index is 3820. The van der Waals surface area contributed by atoms with Crippen molar-refractivity contribution < 1.29 is 49.9 Å². The highest BCUT2D eigenvalue weighted by Crippen LogP contribution is 2.46. The first-order chi connectivity index (χ1) is 42.5. The molecule has 26 heteroatoms. The zero-order valence-corrected chi connectivity index (χ0v) is 47.5. The third-order valence-corrected chi connectivity index (χ3v) is 17.3. The molecule has 9 atom stereocenters. The van der Waals surface area contributed by atoms with E-state index in [-0.39, 0.29) is 106 Å². The van der Waals surface area contributed by atoms with Gasteiger partial charge < -0.3 is 30.1 Å². The highest BCUT2D eigenvalue weighted by molar-refractivity contribution is 6.01. The Morgan fingerprint density at radius 3 is 1.73 bits per heavy atom. The standard InChI is InChI=1S/C23H19F4N5O.C20H20FN7O.C19H19F2N3O2/c24-17-4-1-3-16(20(17)21-28-7-2-8-29-21)22(33)32-15-5-6-18(32)13(10-15)9-14-11-31-19(12-30-14)23(25,26)27;1-12-2-5-17(28-23-8-9-24-28)19(25-12)20(29)27-14-4-6-16(27)15(10-14)26-18-7-3-13(21)11-22-18;1-26-18-13(3-2-4-14(18)21)19(25)24-12-6-7-16(24)15(9-12)23-17-8-5-11(20)10-22-17/h1-4,7-8,11-13,15,18H,5-6,9-10H2;2-3,5,7-9,11,14-16H,4,6,10H2,1H3,(H,22,26);2-5,8,10,12,15-16H,6-7,9H2,1H3,(H,22,23). The molecule has 8 aromatic rings. The number of pyridine rings is 3. The maximum absolute atomic E-state index is 14.7. The summed E-state index contributed by atoms with van der Waals surface area (Å²) in [7, 11) is 1.36. The van der Waals surface area contributed by atoms with E-state index in [4.69, 9.17) is 4.74 Å². The predicted octanol–water partition coefficient (Wildman–Crippen LogP) is 9.92. The van der Waals surface area contributed by atoms with Crippen LogP contribution in [0.3, 0.4) is 0 Å². The van der Waals surface area contributed by atoms with E-state index in [0.29, 0.717) is 41.6 Å². The van der Waals surface area contributed by atoms with Crippen molar-refractivity contribution in [1.82, 2.24) is 64.6 Å². The lowest BCUT2D eigenvalue weighted by molar-refractivity contribution is -0.141. The number of para-hydroxylation sites is 1. The Hall–Kier alpha value is -9.49. The van der Waals surface area contributed by atoms with E-state index >= 15 is 0 Å². The van der Waals surface area contributed by atoms with Gasteiger partial charge in [0.05, 0.1) is 72.6 Å². The molecule has 14 rings (SSSR count). The van der Waals surface area contributed by atoms with Crippen LogP contribution in [-0.4, -0.2) is 138 Å². The number of methoxy groups -OCH3 is 1. The molecule has 12 heterocycles. The average molecular weight is 1210 g/mol. The number of nitrogens with zero attached hydrogens (tertiary/aromatic N) is 13. The fraction of sp³-hybridized carbons (Fsp3) is 0.355. The number of rotatable bonds is 12. The highest BCUT2D eigenvalue weighted by Gasteiger charge is 2.52. The molecule has 6 fully saturated rings. The van der Waals surface area contributed by atoms with E-state index in [1.165, 1.54) is 66.9 Å². The van der Waals surface area contributed by atoms with Crippen LogP contribution in [0.1, 0.15) is 106 Å². The highest BCUT2D eigenvalue weighted by atomic mass is 19.4. The molecular weight excluding hydrogens is 1150 g/mol. The van der Waals surface area contributed by atoms with E-state index in [2.05, 4.69) is 55.7 Å². The number of hydrogen-bond acceptors (Lipinski definition) is 15. The van der Waals surface area contributed by atoms with Crippen LogP contribution in [0, 0.1) is 36.1 Å². The summed E-state index contributed by atoms with van der Waals surface area (Å²) in [5, 5.41) is 15.0. The molecule has 2 aromatic carbocycles. The Balaban J connectivity index is 0.000000129. The SMILES string of the molecule is COc1c(F)cccc1C(=O)N1C2CCC1C(Nc1ccc(F)cn1)C2.Cc1ccc(-n2nccn2)c(C(=O)N2C3CCC2C(Nc2ccc(F)cn2)C3)n1.O=C(c1cccc(F)c1-c1ncccn1)N1C2CCC1C(Cc1cnc(C(F)(F)F)cn1)C2. The Morgan fingerprint density at radius 2 is 1.15 bits per heavy atom. The lowest BCUT2D eigenvalue weighted by atomic mass is 9.86. The number of halogens is 7. The summed E-state index contributed by atoms with van der Waals surface area (Å²) in [5.41, 5.74) is 1.63. The topological polar surface area (TPSA) is 215 Å². The van der Waals surface area contributed by atoms with E-state index in [1.807, 2.05) is 28.9 Å². The van der Waals surface area contributed by atoms with Gasteiger partial charge in [-0.2, -0.15) is 23.4 Å².